The van der Waals surface area contributed by atoms with Crippen molar-refractivity contribution in [1.82, 2.24) is 15.1 Å². The minimum atomic E-state index is -0.366. The molecule has 8 heteroatoms. The Hall–Kier alpha value is -2.77. The molecular weight excluding hydrogens is 386 g/mol. The average molecular weight is 400 g/mol. The second-order valence-corrected chi connectivity index (χ2v) is 7.09. The molecule has 0 radical (unpaired) electrons. The number of aryl methyl sites for hydroxylation is 1. The molecule has 0 spiro atoms. The van der Waals surface area contributed by atoms with E-state index in [2.05, 4.69) is 15.1 Å². The summed E-state index contributed by atoms with van der Waals surface area (Å²) < 4.78 is 10.5. The van der Waals surface area contributed by atoms with E-state index in [1.807, 2.05) is 47.8 Å². The van der Waals surface area contributed by atoms with Gasteiger partial charge in [0.1, 0.15) is 11.8 Å². The summed E-state index contributed by atoms with van der Waals surface area (Å²) in [7, 11) is 0. The molecule has 4 aromatic rings. The highest BCUT2D eigenvalue weighted by Crippen LogP contribution is 2.22. The molecule has 0 N–H and O–H groups in total. The van der Waals surface area contributed by atoms with E-state index in [0.717, 1.165) is 15.8 Å². The third-order valence-electron chi connectivity index (χ3n) is 3.89. The normalized spacial score (nSPS) is 11.0. The maximum atomic E-state index is 12.0. The minimum Gasteiger partial charge on any atom is -0.461 e. The van der Waals surface area contributed by atoms with Crippen molar-refractivity contribution in [2.75, 3.05) is 0 Å². The molecule has 0 saturated heterocycles. The van der Waals surface area contributed by atoms with Crippen LogP contribution in [0.3, 0.4) is 0 Å². The molecule has 0 bridgehead atoms. The van der Waals surface area contributed by atoms with Gasteiger partial charge in [0, 0.05) is 17.4 Å². The molecule has 136 valence electrons. The number of benzene rings is 1. The second-order valence-electron chi connectivity index (χ2n) is 5.78. The summed E-state index contributed by atoms with van der Waals surface area (Å²) in [5.74, 6) is 0.568. The maximum absolute atomic E-state index is 12.0. The highest BCUT2D eigenvalue weighted by molar-refractivity contribution is 7.13. The third kappa shape index (κ3) is 4.15. The van der Waals surface area contributed by atoms with Crippen LogP contribution in [-0.2, 0) is 22.6 Å². The zero-order chi connectivity index (χ0) is 18.6. The predicted octanol–water partition coefficient (Wildman–Crippen LogP) is 4.68. The third-order valence-corrected chi connectivity index (χ3v) is 5.08. The van der Waals surface area contributed by atoms with Crippen molar-refractivity contribution in [3.8, 4) is 10.7 Å². The first-order valence-corrected chi connectivity index (χ1v) is 9.51. The van der Waals surface area contributed by atoms with Crippen molar-refractivity contribution in [1.29, 1.82) is 0 Å². The summed E-state index contributed by atoms with van der Waals surface area (Å²) in [6, 6.07) is 13.3. The van der Waals surface area contributed by atoms with Crippen molar-refractivity contribution in [2.24, 2.45) is 0 Å². The fourth-order valence-corrected chi connectivity index (χ4v) is 3.39. The number of carbonyl (C=O) groups excluding carboxylic acids is 1. The highest BCUT2D eigenvalue weighted by Gasteiger charge is 2.13. The molecule has 3 aromatic heterocycles. The van der Waals surface area contributed by atoms with Crippen LogP contribution in [-0.4, -0.2) is 21.1 Å². The highest BCUT2D eigenvalue weighted by atomic mass is 35.5. The number of ether oxygens (including phenoxy) is 1. The van der Waals surface area contributed by atoms with Crippen LogP contribution in [0, 0.1) is 0 Å². The summed E-state index contributed by atoms with van der Waals surface area (Å²) in [6.07, 6.45) is 0.464. The molecule has 0 aliphatic rings. The number of carbonyl (C=O) groups is 1. The van der Waals surface area contributed by atoms with Gasteiger partial charge in [-0.2, -0.15) is 4.98 Å². The Morgan fingerprint density at radius 2 is 2.07 bits per heavy atom. The van der Waals surface area contributed by atoms with Gasteiger partial charge in [0.15, 0.2) is 0 Å². The Bertz CT molecular complexity index is 1080. The molecule has 6 nitrogen and oxygen atoms in total. The number of hydrogen-bond acceptors (Lipinski definition) is 7. The van der Waals surface area contributed by atoms with Gasteiger partial charge in [-0.25, -0.2) is 4.98 Å². The van der Waals surface area contributed by atoms with E-state index < -0.39 is 0 Å². The lowest BCUT2D eigenvalue weighted by molar-refractivity contribution is -0.145. The van der Waals surface area contributed by atoms with E-state index in [1.165, 1.54) is 11.3 Å². The zero-order valence-corrected chi connectivity index (χ0v) is 15.7. The van der Waals surface area contributed by atoms with E-state index in [4.69, 9.17) is 20.9 Å². The topological polar surface area (TPSA) is 78.1 Å². The lowest BCUT2D eigenvalue weighted by atomic mass is 10.2. The molecule has 0 atom stereocenters. The monoisotopic (exact) mass is 399 g/mol. The van der Waals surface area contributed by atoms with Crippen LogP contribution in [0.5, 0.6) is 0 Å². The maximum Gasteiger partial charge on any atom is 0.306 e. The number of thiophene rings is 1. The predicted molar refractivity (Wildman–Crippen MR) is 102 cm³/mol. The van der Waals surface area contributed by atoms with E-state index in [9.17, 15) is 4.79 Å². The van der Waals surface area contributed by atoms with Gasteiger partial charge in [-0.3, -0.25) is 4.79 Å². The quantitative estimate of drug-likeness (QED) is 0.346. The summed E-state index contributed by atoms with van der Waals surface area (Å²) in [6.45, 7) is 0.0692. The fourth-order valence-electron chi connectivity index (χ4n) is 2.54. The molecule has 4 rings (SSSR count). The number of rotatable bonds is 6. The number of nitrogens with zero attached hydrogens (tertiary/aromatic N) is 3. The minimum absolute atomic E-state index is 0.0692. The van der Waals surface area contributed by atoms with Crippen LogP contribution in [0.15, 0.2) is 52.4 Å². The number of pyridine rings is 1. The van der Waals surface area contributed by atoms with Crippen LogP contribution in [0.25, 0.3) is 21.6 Å². The van der Waals surface area contributed by atoms with E-state index >= 15 is 0 Å². The lowest BCUT2D eigenvalue weighted by Gasteiger charge is -2.07. The van der Waals surface area contributed by atoms with Gasteiger partial charge < -0.3 is 9.26 Å². The van der Waals surface area contributed by atoms with Gasteiger partial charge >= 0.3 is 5.97 Å². The fraction of sp³-hybridized carbons (Fsp3) is 0.158. The van der Waals surface area contributed by atoms with Gasteiger partial charge in [-0.05, 0) is 23.6 Å². The number of hydrogen-bond donors (Lipinski definition) is 0. The molecule has 0 saturated carbocycles. The van der Waals surface area contributed by atoms with Gasteiger partial charge in [0.2, 0.25) is 11.7 Å². The summed E-state index contributed by atoms with van der Waals surface area (Å²) >= 11 is 7.70. The van der Waals surface area contributed by atoms with Crippen LogP contribution in [0.4, 0.5) is 0 Å². The van der Waals surface area contributed by atoms with Gasteiger partial charge in [-0.1, -0.05) is 41.0 Å². The molecule has 0 fully saturated rings. The Balaban J connectivity index is 1.33. The largest absolute Gasteiger partial charge is 0.461 e. The van der Waals surface area contributed by atoms with Crippen molar-refractivity contribution >= 4 is 39.8 Å². The van der Waals surface area contributed by atoms with E-state index in [-0.39, 0.29) is 19.0 Å². The summed E-state index contributed by atoms with van der Waals surface area (Å²) in [5.41, 5.74) is 1.47. The van der Waals surface area contributed by atoms with Gasteiger partial charge in [0.05, 0.1) is 16.8 Å². The molecule has 0 unspecified atom stereocenters. The Kier molecular flexibility index (Phi) is 5.13. The van der Waals surface area contributed by atoms with Crippen LogP contribution in [0.2, 0.25) is 5.15 Å². The molecule has 27 heavy (non-hydrogen) atoms. The summed E-state index contributed by atoms with van der Waals surface area (Å²) in [5, 5.41) is 7.13. The first-order valence-electron chi connectivity index (χ1n) is 8.25. The molecular formula is C19H14ClN3O3S. The molecule has 0 aliphatic carbocycles. The smallest absolute Gasteiger partial charge is 0.306 e. The van der Waals surface area contributed by atoms with Crippen LogP contribution in [0.1, 0.15) is 17.9 Å². The van der Waals surface area contributed by atoms with Crippen LogP contribution >= 0.6 is 22.9 Å². The first-order chi connectivity index (χ1) is 13.2. The molecule has 1 aromatic carbocycles. The van der Waals surface area contributed by atoms with Gasteiger partial charge in [0.25, 0.3) is 0 Å². The van der Waals surface area contributed by atoms with Crippen molar-refractivity contribution in [3.05, 3.63) is 64.5 Å². The number of para-hydroxylation sites is 1. The second kappa shape index (κ2) is 7.85. The summed E-state index contributed by atoms with van der Waals surface area (Å²) in [4.78, 5) is 21.5. The molecule has 3 heterocycles. The zero-order valence-electron chi connectivity index (χ0n) is 14.1. The Labute approximate surface area is 163 Å². The number of aromatic nitrogens is 3. The number of esters is 1. The van der Waals surface area contributed by atoms with E-state index in [0.29, 0.717) is 28.9 Å². The number of halogens is 1. The van der Waals surface area contributed by atoms with Crippen molar-refractivity contribution in [3.63, 3.8) is 0 Å². The average Bonchev–Trinajstić information content (AvgIpc) is 3.36. The standard InChI is InChI=1S/C19H14ClN3O3S/c20-18-13(10-12-4-1-2-5-14(12)21-18)11-25-17(24)8-7-16-22-19(23-26-16)15-6-3-9-27-15/h1-6,9-10H,7-8,11H2. The Morgan fingerprint density at radius 1 is 1.19 bits per heavy atom. The Morgan fingerprint density at radius 3 is 2.93 bits per heavy atom. The van der Waals surface area contributed by atoms with E-state index in [1.54, 1.807) is 0 Å². The van der Waals surface area contributed by atoms with Gasteiger partial charge in [-0.15, -0.1) is 11.3 Å². The van der Waals surface area contributed by atoms with Crippen LogP contribution < -0.4 is 0 Å². The lowest BCUT2D eigenvalue weighted by Crippen LogP contribution is -2.06. The first kappa shape index (κ1) is 17.6. The number of fused-ring (bicyclic) bond motifs is 1. The van der Waals surface area contributed by atoms with Crippen molar-refractivity contribution < 1.29 is 14.1 Å². The molecule has 0 aliphatic heterocycles. The van der Waals surface area contributed by atoms with Crippen molar-refractivity contribution in [2.45, 2.75) is 19.4 Å². The SMILES string of the molecule is O=C(CCc1nc(-c2cccs2)no1)OCc1cc2ccccc2nc1Cl. The molecule has 0 amide bonds.